The Bertz CT molecular complexity index is 428. The number of anilines is 1. The molecule has 1 aromatic heterocycles. The monoisotopic (exact) mass is 215 g/mol. The number of nitrogens with one attached hydrogen (secondary N) is 1. The Hall–Kier alpha value is -2.10. The molecule has 0 spiro atoms. The zero-order chi connectivity index (χ0) is 11.2. The standard InChI is InChI=1S/C12H13N3O/c1-16-12-4-2-10(3-5-12)15-9-11-8-13-6-7-14-11/h2-8,15H,9H2,1H3. The minimum atomic E-state index is 0.667. The SMILES string of the molecule is COc1ccc(NCc2cnccn2)cc1. The Morgan fingerprint density at radius 2 is 2.00 bits per heavy atom. The Morgan fingerprint density at radius 1 is 1.19 bits per heavy atom. The van der Waals surface area contributed by atoms with Crippen LogP contribution in [0.5, 0.6) is 5.75 Å². The van der Waals surface area contributed by atoms with Gasteiger partial charge in [-0.15, -0.1) is 0 Å². The van der Waals surface area contributed by atoms with E-state index in [0.29, 0.717) is 6.54 Å². The maximum absolute atomic E-state index is 5.08. The lowest BCUT2D eigenvalue weighted by Gasteiger charge is -2.06. The summed E-state index contributed by atoms with van der Waals surface area (Å²) in [5, 5.41) is 3.25. The normalized spacial score (nSPS) is 9.81. The first kappa shape index (κ1) is 10.4. The van der Waals surface area contributed by atoms with Gasteiger partial charge in [0.15, 0.2) is 0 Å². The number of aromatic nitrogens is 2. The van der Waals surface area contributed by atoms with Crippen molar-refractivity contribution < 1.29 is 4.74 Å². The third-order valence-corrected chi connectivity index (χ3v) is 2.18. The Labute approximate surface area is 94.3 Å². The topological polar surface area (TPSA) is 47.0 Å². The predicted molar refractivity (Wildman–Crippen MR) is 62.4 cm³/mol. The van der Waals surface area contributed by atoms with E-state index in [9.17, 15) is 0 Å². The van der Waals surface area contributed by atoms with Gasteiger partial charge in [-0.25, -0.2) is 0 Å². The van der Waals surface area contributed by atoms with Gasteiger partial charge in [-0.05, 0) is 24.3 Å². The second kappa shape index (κ2) is 5.11. The van der Waals surface area contributed by atoms with E-state index in [2.05, 4.69) is 15.3 Å². The smallest absolute Gasteiger partial charge is 0.119 e. The minimum Gasteiger partial charge on any atom is -0.497 e. The summed E-state index contributed by atoms with van der Waals surface area (Å²) in [5.74, 6) is 0.852. The van der Waals surface area contributed by atoms with Crippen LogP contribution in [-0.2, 0) is 6.54 Å². The van der Waals surface area contributed by atoms with Crippen LogP contribution in [0, 0.1) is 0 Å². The molecule has 16 heavy (non-hydrogen) atoms. The highest BCUT2D eigenvalue weighted by atomic mass is 16.5. The van der Waals surface area contributed by atoms with E-state index < -0.39 is 0 Å². The van der Waals surface area contributed by atoms with Gasteiger partial charge in [0.2, 0.25) is 0 Å². The Morgan fingerprint density at radius 3 is 2.62 bits per heavy atom. The molecule has 82 valence electrons. The quantitative estimate of drug-likeness (QED) is 0.848. The molecule has 0 fully saturated rings. The van der Waals surface area contributed by atoms with E-state index in [-0.39, 0.29) is 0 Å². The van der Waals surface area contributed by atoms with Crippen molar-refractivity contribution in [2.24, 2.45) is 0 Å². The minimum absolute atomic E-state index is 0.667. The van der Waals surface area contributed by atoms with Crippen molar-refractivity contribution >= 4 is 5.69 Å². The van der Waals surface area contributed by atoms with Crippen molar-refractivity contribution in [3.05, 3.63) is 48.5 Å². The molecule has 1 heterocycles. The fourth-order valence-corrected chi connectivity index (χ4v) is 1.32. The molecule has 0 aliphatic carbocycles. The molecule has 0 radical (unpaired) electrons. The second-order valence-electron chi connectivity index (χ2n) is 3.28. The number of hydrogen-bond acceptors (Lipinski definition) is 4. The fourth-order valence-electron chi connectivity index (χ4n) is 1.32. The van der Waals surface area contributed by atoms with Gasteiger partial charge in [-0.1, -0.05) is 0 Å². The molecule has 1 aromatic carbocycles. The van der Waals surface area contributed by atoms with Crippen LogP contribution in [0.1, 0.15) is 5.69 Å². The first-order valence-corrected chi connectivity index (χ1v) is 5.01. The largest absolute Gasteiger partial charge is 0.497 e. The molecule has 2 aromatic rings. The van der Waals surface area contributed by atoms with Crippen molar-refractivity contribution in [2.45, 2.75) is 6.54 Å². The first-order valence-electron chi connectivity index (χ1n) is 5.01. The summed E-state index contributed by atoms with van der Waals surface area (Å²) in [6.07, 6.45) is 5.10. The number of benzene rings is 1. The summed E-state index contributed by atoms with van der Waals surface area (Å²) in [4.78, 5) is 8.18. The Balaban J connectivity index is 1.94. The molecule has 0 unspecified atom stereocenters. The molecule has 4 heteroatoms. The zero-order valence-corrected chi connectivity index (χ0v) is 9.05. The molecular formula is C12H13N3O. The van der Waals surface area contributed by atoms with E-state index in [0.717, 1.165) is 17.1 Å². The van der Waals surface area contributed by atoms with Gasteiger partial charge >= 0.3 is 0 Å². The van der Waals surface area contributed by atoms with Crippen LogP contribution in [-0.4, -0.2) is 17.1 Å². The first-order chi connectivity index (χ1) is 7.88. The Kier molecular flexibility index (Phi) is 3.33. The maximum Gasteiger partial charge on any atom is 0.119 e. The van der Waals surface area contributed by atoms with Gasteiger partial charge in [0.25, 0.3) is 0 Å². The van der Waals surface area contributed by atoms with Crippen LogP contribution in [0.4, 0.5) is 5.69 Å². The number of hydrogen-bond donors (Lipinski definition) is 1. The molecule has 0 atom stereocenters. The van der Waals surface area contributed by atoms with Crippen LogP contribution < -0.4 is 10.1 Å². The van der Waals surface area contributed by atoms with Gasteiger partial charge in [0.05, 0.1) is 25.5 Å². The van der Waals surface area contributed by atoms with Crippen molar-refractivity contribution in [3.8, 4) is 5.75 Å². The summed E-state index contributed by atoms with van der Waals surface area (Å²) < 4.78 is 5.08. The van der Waals surface area contributed by atoms with Gasteiger partial charge < -0.3 is 10.1 Å². The van der Waals surface area contributed by atoms with Gasteiger partial charge in [-0.2, -0.15) is 0 Å². The van der Waals surface area contributed by atoms with E-state index in [1.807, 2.05) is 24.3 Å². The number of ether oxygens (including phenoxy) is 1. The average Bonchev–Trinajstić information content (AvgIpc) is 2.38. The van der Waals surface area contributed by atoms with Crippen molar-refractivity contribution in [1.29, 1.82) is 0 Å². The van der Waals surface area contributed by atoms with Crippen LogP contribution in [0.25, 0.3) is 0 Å². The van der Waals surface area contributed by atoms with Crippen LogP contribution in [0.15, 0.2) is 42.9 Å². The second-order valence-corrected chi connectivity index (χ2v) is 3.28. The van der Waals surface area contributed by atoms with E-state index in [4.69, 9.17) is 4.74 Å². The average molecular weight is 215 g/mol. The van der Waals surface area contributed by atoms with Crippen molar-refractivity contribution in [2.75, 3.05) is 12.4 Å². The van der Waals surface area contributed by atoms with E-state index >= 15 is 0 Å². The summed E-state index contributed by atoms with van der Waals surface area (Å²) in [5.41, 5.74) is 1.95. The molecule has 4 nitrogen and oxygen atoms in total. The summed E-state index contributed by atoms with van der Waals surface area (Å²) in [6, 6.07) is 7.77. The van der Waals surface area contributed by atoms with Crippen LogP contribution >= 0.6 is 0 Å². The highest BCUT2D eigenvalue weighted by Crippen LogP contribution is 2.15. The highest BCUT2D eigenvalue weighted by Gasteiger charge is 1.95. The molecule has 0 aliphatic heterocycles. The van der Waals surface area contributed by atoms with E-state index in [1.165, 1.54) is 0 Å². The third-order valence-electron chi connectivity index (χ3n) is 2.18. The third kappa shape index (κ3) is 2.70. The lowest BCUT2D eigenvalue weighted by Crippen LogP contribution is -2.01. The molecule has 1 N–H and O–H groups in total. The predicted octanol–water partition coefficient (Wildman–Crippen LogP) is 2.10. The lowest BCUT2D eigenvalue weighted by atomic mass is 10.3. The molecule has 0 aliphatic rings. The molecule has 0 bridgehead atoms. The molecule has 2 rings (SSSR count). The highest BCUT2D eigenvalue weighted by molar-refractivity contribution is 5.46. The van der Waals surface area contributed by atoms with Crippen LogP contribution in [0.3, 0.4) is 0 Å². The number of nitrogens with zero attached hydrogens (tertiary/aromatic N) is 2. The van der Waals surface area contributed by atoms with Gasteiger partial charge in [0.1, 0.15) is 5.75 Å². The molecule has 0 amide bonds. The zero-order valence-electron chi connectivity index (χ0n) is 9.05. The van der Waals surface area contributed by atoms with Crippen molar-refractivity contribution in [1.82, 2.24) is 9.97 Å². The number of rotatable bonds is 4. The molecule has 0 saturated carbocycles. The van der Waals surface area contributed by atoms with Gasteiger partial charge in [-0.3, -0.25) is 9.97 Å². The summed E-state index contributed by atoms with van der Waals surface area (Å²) >= 11 is 0. The van der Waals surface area contributed by atoms with E-state index in [1.54, 1.807) is 25.7 Å². The summed E-state index contributed by atoms with van der Waals surface area (Å²) in [6.45, 7) is 0.667. The molecule has 0 saturated heterocycles. The maximum atomic E-state index is 5.08. The lowest BCUT2D eigenvalue weighted by molar-refractivity contribution is 0.415. The number of methoxy groups -OCH3 is 1. The fraction of sp³-hybridized carbons (Fsp3) is 0.167. The van der Waals surface area contributed by atoms with Gasteiger partial charge in [0, 0.05) is 18.1 Å². The van der Waals surface area contributed by atoms with Crippen molar-refractivity contribution in [3.63, 3.8) is 0 Å². The van der Waals surface area contributed by atoms with Crippen LogP contribution in [0.2, 0.25) is 0 Å². The summed E-state index contributed by atoms with van der Waals surface area (Å²) in [7, 11) is 1.65. The molecular weight excluding hydrogens is 202 g/mol.